The summed E-state index contributed by atoms with van der Waals surface area (Å²) in [5.74, 6) is 0.621. The number of carbonyl (C=O) groups excluding carboxylic acids is 1. The molecule has 100 valence electrons. The maximum atomic E-state index is 11.2. The van der Waals surface area contributed by atoms with Gasteiger partial charge in [0.2, 0.25) is 5.91 Å². The van der Waals surface area contributed by atoms with Crippen molar-refractivity contribution in [2.45, 2.75) is 19.3 Å². The van der Waals surface area contributed by atoms with Gasteiger partial charge in [-0.15, -0.1) is 0 Å². The van der Waals surface area contributed by atoms with E-state index in [1.807, 2.05) is 23.9 Å². The van der Waals surface area contributed by atoms with Crippen LogP contribution in [0.15, 0.2) is 18.2 Å². The molecule has 0 radical (unpaired) electrons. The van der Waals surface area contributed by atoms with E-state index in [1.165, 1.54) is 19.3 Å². The van der Waals surface area contributed by atoms with Gasteiger partial charge in [0.25, 0.3) is 0 Å². The molecule has 0 spiro atoms. The van der Waals surface area contributed by atoms with Gasteiger partial charge >= 0.3 is 0 Å². The van der Waals surface area contributed by atoms with E-state index in [1.54, 1.807) is 6.07 Å². The third kappa shape index (κ3) is 2.05. The van der Waals surface area contributed by atoms with E-state index < -0.39 is 5.91 Å². The molecule has 19 heavy (non-hydrogen) atoms. The Hall–Kier alpha value is -2.04. The molecule has 1 aliphatic heterocycles. The Bertz CT molecular complexity index is 626. The second kappa shape index (κ2) is 4.57. The maximum absolute atomic E-state index is 11.2. The Labute approximate surface area is 112 Å². The van der Waals surface area contributed by atoms with E-state index in [4.69, 9.17) is 5.73 Å². The number of rotatable bonds is 2. The van der Waals surface area contributed by atoms with Crippen molar-refractivity contribution in [2.24, 2.45) is 12.8 Å². The molecule has 1 amide bonds. The van der Waals surface area contributed by atoms with Gasteiger partial charge in [-0.05, 0) is 37.5 Å². The summed E-state index contributed by atoms with van der Waals surface area (Å²) < 4.78 is 1.83. The van der Waals surface area contributed by atoms with Crippen LogP contribution in [0.5, 0.6) is 0 Å². The standard InChI is InChI=1S/C14H18N4O/c1-17-12-9-10(13(15)19)5-6-11(12)14(16-17)18-7-3-2-4-8-18/h5-6,9H,2-4,7-8H2,1H3,(H2,15,19). The summed E-state index contributed by atoms with van der Waals surface area (Å²) in [6.45, 7) is 2.12. The Balaban J connectivity index is 2.08. The molecule has 1 aromatic carbocycles. The number of fused-ring (bicyclic) bond motifs is 1. The molecule has 0 saturated carbocycles. The van der Waals surface area contributed by atoms with Crippen LogP contribution in [-0.2, 0) is 7.05 Å². The molecular formula is C14H18N4O. The highest BCUT2D eigenvalue weighted by molar-refractivity contribution is 5.99. The highest BCUT2D eigenvalue weighted by atomic mass is 16.1. The Morgan fingerprint density at radius 2 is 2.00 bits per heavy atom. The maximum Gasteiger partial charge on any atom is 0.248 e. The first-order valence-electron chi connectivity index (χ1n) is 6.68. The zero-order chi connectivity index (χ0) is 13.4. The average molecular weight is 258 g/mol. The van der Waals surface area contributed by atoms with Crippen LogP contribution in [0.2, 0.25) is 0 Å². The molecule has 1 aliphatic rings. The lowest BCUT2D eigenvalue weighted by atomic mass is 10.1. The summed E-state index contributed by atoms with van der Waals surface area (Å²) >= 11 is 0. The lowest BCUT2D eigenvalue weighted by Gasteiger charge is -2.26. The van der Waals surface area contributed by atoms with Crippen molar-refractivity contribution in [2.75, 3.05) is 18.0 Å². The summed E-state index contributed by atoms with van der Waals surface area (Å²) in [5, 5.41) is 5.70. The van der Waals surface area contributed by atoms with Gasteiger partial charge in [-0.2, -0.15) is 5.10 Å². The highest BCUT2D eigenvalue weighted by Gasteiger charge is 2.18. The van der Waals surface area contributed by atoms with E-state index >= 15 is 0 Å². The number of carbonyl (C=O) groups is 1. The molecule has 3 rings (SSSR count). The molecule has 5 heteroatoms. The molecule has 5 nitrogen and oxygen atoms in total. The van der Waals surface area contributed by atoms with E-state index in [-0.39, 0.29) is 0 Å². The summed E-state index contributed by atoms with van der Waals surface area (Å²) in [7, 11) is 1.90. The number of piperidine rings is 1. The zero-order valence-corrected chi connectivity index (χ0v) is 11.1. The van der Waals surface area contributed by atoms with Gasteiger partial charge in [0.15, 0.2) is 5.82 Å². The zero-order valence-electron chi connectivity index (χ0n) is 11.1. The predicted molar refractivity (Wildman–Crippen MR) is 75.3 cm³/mol. The second-order valence-electron chi connectivity index (χ2n) is 5.09. The number of nitrogens with zero attached hydrogens (tertiary/aromatic N) is 3. The predicted octanol–water partition coefficient (Wildman–Crippen LogP) is 1.66. The fourth-order valence-corrected chi connectivity index (χ4v) is 2.73. The van der Waals surface area contributed by atoms with E-state index in [0.717, 1.165) is 29.8 Å². The molecule has 2 aromatic rings. The Morgan fingerprint density at radius 1 is 1.26 bits per heavy atom. The number of nitrogens with two attached hydrogens (primary N) is 1. The average Bonchev–Trinajstić information content (AvgIpc) is 2.77. The number of benzene rings is 1. The van der Waals surface area contributed by atoms with Crippen molar-refractivity contribution < 1.29 is 4.79 Å². The van der Waals surface area contributed by atoms with Gasteiger partial charge in [-0.3, -0.25) is 9.48 Å². The quantitative estimate of drug-likeness (QED) is 0.891. The Morgan fingerprint density at radius 3 is 2.68 bits per heavy atom. The first kappa shape index (κ1) is 12.0. The van der Waals surface area contributed by atoms with Gasteiger partial charge in [0.1, 0.15) is 0 Å². The number of hydrogen-bond acceptors (Lipinski definition) is 3. The monoisotopic (exact) mass is 258 g/mol. The van der Waals surface area contributed by atoms with E-state index in [2.05, 4.69) is 10.00 Å². The molecule has 1 fully saturated rings. The minimum Gasteiger partial charge on any atom is -0.366 e. The van der Waals surface area contributed by atoms with Gasteiger partial charge in [-0.25, -0.2) is 0 Å². The van der Waals surface area contributed by atoms with Gasteiger partial charge in [0.05, 0.1) is 5.52 Å². The van der Waals surface area contributed by atoms with Crippen LogP contribution < -0.4 is 10.6 Å². The van der Waals surface area contributed by atoms with Crippen molar-refractivity contribution in [3.8, 4) is 0 Å². The van der Waals surface area contributed by atoms with E-state index in [9.17, 15) is 4.79 Å². The third-order valence-electron chi connectivity index (χ3n) is 3.77. The summed E-state index contributed by atoms with van der Waals surface area (Å²) in [5.41, 5.74) is 6.81. The van der Waals surface area contributed by atoms with Crippen LogP contribution in [0.1, 0.15) is 29.6 Å². The van der Waals surface area contributed by atoms with E-state index in [0.29, 0.717) is 5.56 Å². The largest absolute Gasteiger partial charge is 0.366 e. The first-order valence-corrected chi connectivity index (χ1v) is 6.68. The van der Waals surface area contributed by atoms with Crippen molar-refractivity contribution in [1.82, 2.24) is 9.78 Å². The Kier molecular flexibility index (Phi) is 2.89. The SMILES string of the molecule is Cn1nc(N2CCCCC2)c2ccc(C(N)=O)cc21. The van der Waals surface area contributed by atoms with Crippen LogP contribution in [0.4, 0.5) is 5.82 Å². The molecule has 0 aliphatic carbocycles. The molecule has 2 N–H and O–H groups in total. The normalized spacial score (nSPS) is 15.9. The molecule has 0 atom stereocenters. The van der Waals surface area contributed by atoms with Crippen molar-refractivity contribution in [3.63, 3.8) is 0 Å². The lowest BCUT2D eigenvalue weighted by Crippen LogP contribution is -2.29. The number of primary amides is 1. The van der Waals surface area contributed by atoms with Crippen molar-refractivity contribution in [1.29, 1.82) is 0 Å². The van der Waals surface area contributed by atoms with Crippen LogP contribution in [-0.4, -0.2) is 28.8 Å². The van der Waals surface area contributed by atoms with Gasteiger partial charge in [0, 0.05) is 31.1 Å². The van der Waals surface area contributed by atoms with Gasteiger partial charge < -0.3 is 10.6 Å². The minimum absolute atomic E-state index is 0.400. The summed E-state index contributed by atoms with van der Waals surface area (Å²) in [6, 6.07) is 5.55. The van der Waals surface area contributed by atoms with Crippen LogP contribution in [0, 0.1) is 0 Å². The molecule has 2 heterocycles. The highest BCUT2D eigenvalue weighted by Crippen LogP contribution is 2.28. The third-order valence-corrected chi connectivity index (χ3v) is 3.77. The lowest BCUT2D eigenvalue weighted by molar-refractivity contribution is 0.100. The fourth-order valence-electron chi connectivity index (χ4n) is 2.73. The number of anilines is 1. The first-order chi connectivity index (χ1) is 9.16. The van der Waals surface area contributed by atoms with Crippen molar-refractivity contribution in [3.05, 3.63) is 23.8 Å². The number of aryl methyl sites for hydroxylation is 1. The molecule has 1 aromatic heterocycles. The molecule has 1 saturated heterocycles. The smallest absolute Gasteiger partial charge is 0.248 e. The second-order valence-corrected chi connectivity index (χ2v) is 5.09. The number of hydrogen-bond donors (Lipinski definition) is 1. The van der Waals surface area contributed by atoms with Crippen LogP contribution >= 0.6 is 0 Å². The number of amides is 1. The van der Waals surface area contributed by atoms with Crippen LogP contribution in [0.3, 0.4) is 0 Å². The van der Waals surface area contributed by atoms with Crippen LogP contribution in [0.25, 0.3) is 10.9 Å². The number of aromatic nitrogens is 2. The topological polar surface area (TPSA) is 64.2 Å². The summed E-state index contributed by atoms with van der Waals surface area (Å²) in [6.07, 6.45) is 3.74. The molecule has 0 unspecified atom stereocenters. The summed E-state index contributed by atoms with van der Waals surface area (Å²) in [4.78, 5) is 13.6. The molecule has 0 bridgehead atoms. The molecular weight excluding hydrogens is 240 g/mol. The van der Waals surface area contributed by atoms with Crippen molar-refractivity contribution >= 4 is 22.6 Å². The van der Waals surface area contributed by atoms with Gasteiger partial charge in [-0.1, -0.05) is 0 Å². The fraction of sp³-hybridized carbons (Fsp3) is 0.429. The minimum atomic E-state index is -0.400.